The van der Waals surface area contributed by atoms with E-state index < -0.39 is 55.1 Å². The molecular weight excluding hydrogens is 656 g/mol. The van der Waals surface area contributed by atoms with Crippen LogP contribution in [0.2, 0.25) is 0 Å². The Balaban J connectivity index is -0.000000285. The SMILES string of the molecule is C=C(C)C(=O)OCCOC(O)CC(C)O.C=C(C)C(=O)OCCOC(O)CC(C)O.C=C(C)C(=O)OCCOC(O)CC(C)O.[Fe]. The summed E-state index contributed by atoms with van der Waals surface area (Å²) in [7, 11) is 0. The molecule has 0 aromatic rings. The maximum absolute atomic E-state index is 10.9. The minimum Gasteiger partial charge on any atom is -0.460 e. The molecule has 0 bridgehead atoms. The van der Waals surface area contributed by atoms with Gasteiger partial charge in [0.2, 0.25) is 0 Å². The summed E-state index contributed by atoms with van der Waals surface area (Å²) in [5.41, 5.74) is 0.957. The molecule has 272 valence electrons. The first-order chi connectivity index (χ1) is 20.8. The van der Waals surface area contributed by atoms with Crippen LogP contribution in [0.1, 0.15) is 60.8 Å². The summed E-state index contributed by atoms with van der Waals surface area (Å²) in [6.07, 6.45) is -4.58. The van der Waals surface area contributed by atoms with E-state index in [1.54, 1.807) is 41.5 Å². The third-order valence-electron chi connectivity index (χ3n) is 4.55. The molecule has 6 N–H and O–H groups in total. The van der Waals surface area contributed by atoms with Crippen molar-refractivity contribution in [2.45, 2.75) is 98.0 Å². The summed E-state index contributed by atoms with van der Waals surface area (Å²) < 4.78 is 28.8. The van der Waals surface area contributed by atoms with Crippen molar-refractivity contribution < 1.29 is 90.5 Å². The monoisotopic (exact) mass is 710 g/mol. The standard InChI is InChI=1S/3C10H18O5.Fe/c3*1-7(2)10(13)15-5-4-14-9(12)6-8(3)11;/h3*8-9,11-12H,1,4-6H2,2-3H3;. The second kappa shape index (κ2) is 31.4. The van der Waals surface area contributed by atoms with Crippen LogP contribution in [0.4, 0.5) is 0 Å². The quantitative estimate of drug-likeness (QED) is 0.0240. The van der Waals surface area contributed by atoms with Gasteiger partial charge in [0.25, 0.3) is 0 Å². The average Bonchev–Trinajstić information content (AvgIpc) is 2.90. The number of ether oxygens (including phenoxy) is 6. The van der Waals surface area contributed by atoms with Crippen LogP contribution in [0.25, 0.3) is 0 Å². The zero-order valence-corrected chi connectivity index (χ0v) is 28.8. The predicted octanol–water partition coefficient (Wildman–Crippen LogP) is 0.632. The molecular formula is C30H54FeO15. The smallest absolute Gasteiger partial charge is 0.333 e. The van der Waals surface area contributed by atoms with Crippen molar-refractivity contribution in [3.63, 3.8) is 0 Å². The molecule has 0 aromatic carbocycles. The van der Waals surface area contributed by atoms with Gasteiger partial charge in [-0.3, -0.25) is 0 Å². The van der Waals surface area contributed by atoms with Gasteiger partial charge >= 0.3 is 17.9 Å². The van der Waals surface area contributed by atoms with Gasteiger partial charge in [0.1, 0.15) is 19.8 Å². The third-order valence-corrected chi connectivity index (χ3v) is 4.55. The molecule has 46 heavy (non-hydrogen) atoms. The van der Waals surface area contributed by atoms with Crippen molar-refractivity contribution >= 4 is 17.9 Å². The van der Waals surface area contributed by atoms with E-state index in [2.05, 4.69) is 19.7 Å². The minimum absolute atomic E-state index is 0. The number of hydrogen-bond donors (Lipinski definition) is 6. The van der Waals surface area contributed by atoms with E-state index in [1.165, 1.54) is 0 Å². The van der Waals surface area contributed by atoms with Gasteiger partial charge in [-0.15, -0.1) is 0 Å². The Morgan fingerprint density at radius 2 is 0.674 bits per heavy atom. The van der Waals surface area contributed by atoms with Crippen LogP contribution in [0, 0.1) is 0 Å². The van der Waals surface area contributed by atoms with Crippen molar-refractivity contribution in [1.82, 2.24) is 0 Å². The van der Waals surface area contributed by atoms with Crippen LogP contribution in [0.5, 0.6) is 0 Å². The number of carbonyl (C=O) groups excluding carboxylic acids is 3. The fourth-order valence-corrected chi connectivity index (χ4v) is 2.40. The van der Waals surface area contributed by atoms with E-state index in [0.29, 0.717) is 16.7 Å². The molecule has 0 amide bonds. The molecule has 0 aromatic heterocycles. The van der Waals surface area contributed by atoms with Gasteiger partial charge < -0.3 is 59.1 Å². The van der Waals surface area contributed by atoms with Gasteiger partial charge in [-0.05, 0) is 41.5 Å². The molecule has 0 aliphatic carbocycles. The molecule has 6 unspecified atom stereocenters. The average molecular weight is 711 g/mol. The third kappa shape index (κ3) is 38.0. The number of rotatable bonds is 21. The summed E-state index contributed by atoms with van der Waals surface area (Å²) in [5.74, 6) is -1.45. The summed E-state index contributed by atoms with van der Waals surface area (Å²) in [4.78, 5) is 32.7. The Kier molecular flexibility index (Phi) is 34.6. The molecule has 6 atom stereocenters. The van der Waals surface area contributed by atoms with E-state index in [9.17, 15) is 14.4 Å². The van der Waals surface area contributed by atoms with Crippen LogP contribution in [-0.2, 0) is 59.9 Å². The van der Waals surface area contributed by atoms with E-state index >= 15 is 0 Å². The van der Waals surface area contributed by atoms with Crippen LogP contribution in [-0.4, -0.2) is 125 Å². The molecule has 16 heteroatoms. The zero-order chi connectivity index (χ0) is 35.5. The van der Waals surface area contributed by atoms with Gasteiger partial charge in [0, 0.05) is 53.1 Å². The van der Waals surface area contributed by atoms with Crippen LogP contribution >= 0.6 is 0 Å². The predicted molar refractivity (Wildman–Crippen MR) is 162 cm³/mol. The molecule has 15 nitrogen and oxygen atoms in total. The Morgan fingerprint density at radius 1 is 0.478 bits per heavy atom. The first kappa shape index (κ1) is 50.6. The number of aliphatic hydroxyl groups excluding tert-OH is 6. The molecule has 0 radical (unpaired) electrons. The summed E-state index contributed by atoms with van der Waals surface area (Å²) in [6, 6.07) is 0. The second-order valence-electron chi connectivity index (χ2n) is 9.98. The van der Waals surface area contributed by atoms with E-state index in [0.717, 1.165) is 0 Å². The molecule has 0 rings (SSSR count). The number of esters is 3. The maximum atomic E-state index is 10.9. The van der Waals surface area contributed by atoms with Gasteiger partial charge in [-0.25, -0.2) is 14.4 Å². The largest absolute Gasteiger partial charge is 0.460 e. The van der Waals surface area contributed by atoms with Crippen LogP contribution in [0.15, 0.2) is 36.5 Å². The molecule has 0 spiro atoms. The summed E-state index contributed by atoms with van der Waals surface area (Å²) >= 11 is 0. The van der Waals surface area contributed by atoms with Gasteiger partial charge in [-0.1, -0.05) is 19.7 Å². The molecule has 0 fully saturated rings. The molecule has 0 saturated heterocycles. The molecule has 0 aliphatic heterocycles. The Morgan fingerprint density at radius 3 is 0.826 bits per heavy atom. The number of carbonyl (C=O) groups is 3. The van der Waals surface area contributed by atoms with Crippen LogP contribution in [0.3, 0.4) is 0 Å². The first-order valence-corrected chi connectivity index (χ1v) is 14.2. The Hall–Kier alpha value is -2.21. The van der Waals surface area contributed by atoms with Gasteiger partial charge in [-0.2, -0.15) is 0 Å². The molecule has 0 aliphatic rings. The van der Waals surface area contributed by atoms with Crippen molar-refractivity contribution in [3.05, 3.63) is 36.5 Å². The van der Waals surface area contributed by atoms with E-state index in [4.69, 9.17) is 59.1 Å². The second-order valence-corrected chi connectivity index (χ2v) is 9.98. The van der Waals surface area contributed by atoms with Crippen molar-refractivity contribution in [1.29, 1.82) is 0 Å². The summed E-state index contributed by atoms with van der Waals surface area (Å²) in [5, 5.41) is 54.2. The van der Waals surface area contributed by atoms with Gasteiger partial charge in [0.15, 0.2) is 18.9 Å². The first-order valence-electron chi connectivity index (χ1n) is 14.2. The van der Waals surface area contributed by atoms with Crippen LogP contribution < -0.4 is 0 Å². The number of aliphatic hydroxyl groups is 6. The van der Waals surface area contributed by atoms with Gasteiger partial charge in [0.05, 0.1) is 38.1 Å². The minimum atomic E-state index is -1.03. The van der Waals surface area contributed by atoms with E-state index in [1.807, 2.05) is 0 Å². The molecule has 0 heterocycles. The maximum Gasteiger partial charge on any atom is 0.333 e. The number of hydrogen-bond acceptors (Lipinski definition) is 15. The topological polar surface area (TPSA) is 228 Å². The van der Waals surface area contributed by atoms with Crippen molar-refractivity contribution in [2.75, 3.05) is 39.6 Å². The Labute approximate surface area is 282 Å². The normalized spacial score (nSPS) is 14.1. The molecule has 0 saturated carbocycles. The fourth-order valence-electron chi connectivity index (χ4n) is 2.40. The fraction of sp³-hybridized carbons (Fsp3) is 0.700. The zero-order valence-electron chi connectivity index (χ0n) is 27.7. The van der Waals surface area contributed by atoms with Crippen molar-refractivity contribution in [2.24, 2.45) is 0 Å². The Bertz CT molecular complexity index is 752. The summed E-state index contributed by atoms with van der Waals surface area (Å²) in [6.45, 7) is 20.0. The van der Waals surface area contributed by atoms with E-state index in [-0.39, 0.29) is 76.0 Å². The van der Waals surface area contributed by atoms with Crippen molar-refractivity contribution in [3.8, 4) is 0 Å².